The molecule has 20 heavy (non-hydrogen) atoms. The minimum atomic E-state index is 0.599. The van der Waals surface area contributed by atoms with Crippen molar-refractivity contribution in [3.8, 4) is 5.95 Å². The molecule has 1 N–H and O–H groups in total. The zero-order valence-corrected chi connectivity index (χ0v) is 12.2. The molecule has 0 atom stereocenters. The summed E-state index contributed by atoms with van der Waals surface area (Å²) in [5, 5.41) is 3.16. The SMILES string of the molecule is CCNc1nc(N2CCSCC2)nc(-n2ccnc2)n1. The van der Waals surface area contributed by atoms with E-state index in [0.29, 0.717) is 11.9 Å². The molecule has 1 aliphatic rings. The molecule has 3 heterocycles. The van der Waals surface area contributed by atoms with Crippen molar-refractivity contribution in [2.75, 3.05) is 41.4 Å². The molecule has 3 rings (SSSR count). The van der Waals surface area contributed by atoms with E-state index in [1.807, 2.05) is 24.9 Å². The van der Waals surface area contributed by atoms with Crippen molar-refractivity contribution in [3.05, 3.63) is 18.7 Å². The highest BCUT2D eigenvalue weighted by Crippen LogP contribution is 2.17. The van der Waals surface area contributed by atoms with Crippen LogP contribution in [0, 0.1) is 0 Å². The fourth-order valence-electron chi connectivity index (χ4n) is 1.99. The lowest BCUT2D eigenvalue weighted by molar-refractivity contribution is 0.790. The monoisotopic (exact) mass is 291 g/mol. The maximum atomic E-state index is 4.56. The molecule has 0 aromatic carbocycles. The molecule has 2 aromatic heterocycles. The van der Waals surface area contributed by atoms with Gasteiger partial charge in [-0.25, -0.2) is 4.98 Å². The van der Waals surface area contributed by atoms with E-state index in [9.17, 15) is 0 Å². The molecule has 0 unspecified atom stereocenters. The molecule has 0 spiro atoms. The number of hydrogen-bond acceptors (Lipinski definition) is 7. The molecule has 1 aliphatic heterocycles. The molecule has 0 saturated carbocycles. The van der Waals surface area contributed by atoms with Crippen LogP contribution < -0.4 is 10.2 Å². The number of imidazole rings is 1. The van der Waals surface area contributed by atoms with Crippen molar-refractivity contribution in [2.24, 2.45) is 0 Å². The van der Waals surface area contributed by atoms with E-state index in [1.54, 1.807) is 17.1 Å². The van der Waals surface area contributed by atoms with E-state index in [-0.39, 0.29) is 0 Å². The highest BCUT2D eigenvalue weighted by atomic mass is 32.2. The molecular formula is C12H17N7S. The van der Waals surface area contributed by atoms with Gasteiger partial charge in [-0.15, -0.1) is 0 Å². The Labute approximate surface area is 121 Å². The number of nitrogens with one attached hydrogen (secondary N) is 1. The van der Waals surface area contributed by atoms with Gasteiger partial charge in [-0.05, 0) is 6.92 Å². The Hall–Kier alpha value is -1.83. The smallest absolute Gasteiger partial charge is 0.241 e. The second-order valence-electron chi connectivity index (χ2n) is 4.36. The van der Waals surface area contributed by atoms with Crippen molar-refractivity contribution in [2.45, 2.75) is 6.92 Å². The normalized spacial score (nSPS) is 15.3. The van der Waals surface area contributed by atoms with Crippen molar-refractivity contribution >= 4 is 23.7 Å². The van der Waals surface area contributed by atoms with Gasteiger partial charge in [0.2, 0.25) is 17.8 Å². The first-order valence-corrected chi connectivity index (χ1v) is 7.83. The Bertz CT molecular complexity index is 551. The van der Waals surface area contributed by atoms with Crippen LogP contribution in [-0.4, -0.2) is 55.6 Å². The van der Waals surface area contributed by atoms with Gasteiger partial charge < -0.3 is 10.2 Å². The topological polar surface area (TPSA) is 71.8 Å². The van der Waals surface area contributed by atoms with Gasteiger partial charge in [0.25, 0.3) is 0 Å². The van der Waals surface area contributed by atoms with Crippen molar-refractivity contribution in [3.63, 3.8) is 0 Å². The van der Waals surface area contributed by atoms with Crippen LogP contribution in [0.1, 0.15) is 6.92 Å². The van der Waals surface area contributed by atoms with Crippen molar-refractivity contribution in [1.29, 1.82) is 0 Å². The zero-order chi connectivity index (χ0) is 13.8. The lowest BCUT2D eigenvalue weighted by Gasteiger charge is -2.26. The number of hydrogen-bond donors (Lipinski definition) is 1. The van der Waals surface area contributed by atoms with Crippen LogP contribution in [0.3, 0.4) is 0 Å². The summed E-state index contributed by atoms with van der Waals surface area (Å²) in [6.45, 7) is 4.76. The first kappa shape index (κ1) is 13.2. The van der Waals surface area contributed by atoms with Gasteiger partial charge in [-0.3, -0.25) is 4.57 Å². The maximum absolute atomic E-state index is 4.56. The van der Waals surface area contributed by atoms with Crippen LogP contribution in [0.15, 0.2) is 18.7 Å². The quantitative estimate of drug-likeness (QED) is 0.902. The average Bonchev–Trinajstić information content (AvgIpc) is 3.02. The fraction of sp³-hybridized carbons (Fsp3) is 0.500. The Morgan fingerprint density at radius 1 is 1.20 bits per heavy atom. The van der Waals surface area contributed by atoms with Crippen LogP contribution in [0.4, 0.5) is 11.9 Å². The summed E-state index contributed by atoms with van der Waals surface area (Å²) in [7, 11) is 0. The molecular weight excluding hydrogens is 274 g/mol. The Balaban J connectivity index is 1.95. The zero-order valence-electron chi connectivity index (χ0n) is 11.4. The third-order valence-corrected chi connectivity index (χ3v) is 3.92. The molecule has 0 radical (unpaired) electrons. The molecule has 8 heteroatoms. The second kappa shape index (κ2) is 6.08. The molecule has 1 saturated heterocycles. The van der Waals surface area contributed by atoms with Crippen LogP contribution >= 0.6 is 11.8 Å². The lowest BCUT2D eigenvalue weighted by Crippen LogP contribution is -2.34. The Morgan fingerprint density at radius 3 is 2.70 bits per heavy atom. The molecule has 0 amide bonds. The maximum Gasteiger partial charge on any atom is 0.241 e. The highest BCUT2D eigenvalue weighted by Gasteiger charge is 2.16. The third-order valence-electron chi connectivity index (χ3n) is 2.98. The van der Waals surface area contributed by atoms with Crippen molar-refractivity contribution in [1.82, 2.24) is 24.5 Å². The van der Waals surface area contributed by atoms with Crippen molar-refractivity contribution < 1.29 is 0 Å². The predicted molar refractivity (Wildman–Crippen MR) is 80.7 cm³/mol. The van der Waals surface area contributed by atoms with E-state index >= 15 is 0 Å². The third kappa shape index (κ3) is 2.84. The predicted octanol–water partition coefficient (Wildman–Crippen LogP) is 1.04. The van der Waals surface area contributed by atoms with E-state index in [4.69, 9.17) is 0 Å². The first-order chi connectivity index (χ1) is 9.86. The van der Waals surface area contributed by atoms with E-state index in [2.05, 4.69) is 30.2 Å². The van der Waals surface area contributed by atoms with Crippen LogP contribution in [0.2, 0.25) is 0 Å². The van der Waals surface area contributed by atoms with Gasteiger partial charge in [0, 0.05) is 43.5 Å². The molecule has 1 fully saturated rings. The number of aromatic nitrogens is 5. The van der Waals surface area contributed by atoms with Gasteiger partial charge in [-0.2, -0.15) is 26.7 Å². The van der Waals surface area contributed by atoms with Crippen LogP contribution in [0.5, 0.6) is 0 Å². The molecule has 0 bridgehead atoms. The van der Waals surface area contributed by atoms with Gasteiger partial charge >= 0.3 is 0 Å². The summed E-state index contributed by atoms with van der Waals surface area (Å²) in [5.41, 5.74) is 0. The number of thioether (sulfide) groups is 1. The fourth-order valence-corrected chi connectivity index (χ4v) is 2.89. The molecule has 2 aromatic rings. The van der Waals surface area contributed by atoms with Gasteiger partial charge in [0.05, 0.1) is 0 Å². The Morgan fingerprint density at radius 2 is 2.00 bits per heavy atom. The molecule has 0 aliphatic carbocycles. The summed E-state index contributed by atoms with van der Waals surface area (Å²) >= 11 is 1.97. The minimum absolute atomic E-state index is 0.599. The summed E-state index contributed by atoms with van der Waals surface area (Å²) in [6.07, 6.45) is 5.25. The van der Waals surface area contributed by atoms with Gasteiger partial charge in [-0.1, -0.05) is 0 Å². The summed E-state index contributed by atoms with van der Waals surface area (Å²) in [6, 6.07) is 0. The van der Waals surface area contributed by atoms with Gasteiger partial charge in [0.15, 0.2) is 0 Å². The van der Waals surface area contributed by atoms with E-state index in [0.717, 1.165) is 37.1 Å². The second-order valence-corrected chi connectivity index (χ2v) is 5.58. The first-order valence-electron chi connectivity index (χ1n) is 6.68. The van der Waals surface area contributed by atoms with Crippen LogP contribution in [-0.2, 0) is 0 Å². The Kier molecular flexibility index (Phi) is 4.00. The largest absolute Gasteiger partial charge is 0.354 e. The van der Waals surface area contributed by atoms with Crippen LogP contribution in [0.25, 0.3) is 5.95 Å². The van der Waals surface area contributed by atoms with Gasteiger partial charge in [0.1, 0.15) is 6.33 Å². The summed E-state index contributed by atoms with van der Waals surface area (Å²) < 4.78 is 1.80. The average molecular weight is 291 g/mol. The lowest BCUT2D eigenvalue weighted by atomic mass is 10.5. The number of anilines is 2. The van der Waals surface area contributed by atoms with E-state index < -0.39 is 0 Å². The number of rotatable bonds is 4. The summed E-state index contributed by atoms with van der Waals surface area (Å²) in [4.78, 5) is 19.7. The highest BCUT2D eigenvalue weighted by molar-refractivity contribution is 7.99. The molecule has 106 valence electrons. The van der Waals surface area contributed by atoms with E-state index in [1.165, 1.54) is 0 Å². The summed E-state index contributed by atoms with van der Waals surface area (Å²) in [5.74, 6) is 4.17. The minimum Gasteiger partial charge on any atom is -0.354 e. The number of nitrogens with zero attached hydrogens (tertiary/aromatic N) is 6. The molecule has 7 nitrogen and oxygen atoms in total. The standard InChI is InChI=1S/C12H17N7S/c1-2-14-10-15-11(18-5-7-20-8-6-18)17-12(16-10)19-4-3-13-9-19/h3-4,9H,2,5-8H2,1H3,(H,14,15,16,17).